The minimum Gasteiger partial charge on any atom is -0.343 e. The van der Waals surface area contributed by atoms with Crippen molar-refractivity contribution in [2.45, 2.75) is 45.1 Å². The van der Waals surface area contributed by atoms with Crippen LogP contribution in [0.15, 0.2) is 79.0 Å². The van der Waals surface area contributed by atoms with Crippen LogP contribution in [-0.4, -0.2) is 28.5 Å². The molecule has 0 unspecified atom stereocenters. The average Bonchev–Trinajstić information content (AvgIpc) is 3.23. The van der Waals surface area contributed by atoms with Gasteiger partial charge in [-0.25, -0.2) is 4.39 Å². The number of nitrogens with zero attached hydrogens (tertiary/aromatic N) is 2. The lowest BCUT2D eigenvalue weighted by molar-refractivity contribution is -0.132. The number of piperidine rings is 1. The Morgan fingerprint density at radius 3 is 2.35 bits per heavy atom. The quantitative estimate of drug-likeness (QED) is 0.319. The molecule has 1 aliphatic heterocycles. The summed E-state index contributed by atoms with van der Waals surface area (Å²) in [7, 11) is 0. The third kappa shape index (κ3) is 4.77. The van der Waals surface area contributed by atoms with E-state index in [1.807, 2.05) is 17.0 Å². The van der Waals surface area contributed by atoms with Crippen LogP contribution in [0.1, 0.15) is 53.9 Å². The van der Waals surface area contributed by atoms with Crippen LogP contribution in [0.3, 0.4) is 0 Å². The number of benzene rings is 3. The summed E-state index contributed by atoms with van der Waals surface area (Å²) in [4.78, 5) is 15.3. The molecule has 34 heavy (non-hydrogen) atoms. The Balaban J connectivity index is 1.55. The maximum Gasteiger partial charge on any atom is 0.223 e. The van der Waals surface area contributed by atoms with Crippen molar-refractivity contribution in [3.63, 3.8) is 0 Å². The van der Waals surface area contributed by atoms with E-state index in [1.165, 1.54) is 29.7 Å². The Hall–Kier alpha value is -3.40. The summed E-state index contributed by atoms with van der Waals surface area (Å²) in [6, 6.07) is 23.7. The van der Waals surface area contributed by atoms with E-state index in [9.17, 15) is 9.18 Å². The topological polar surface area (TPSA) is 25.2 Å². The molecule has 1 fully saturated rings. The number of likely N-dealkylation sites (tertiary alicyclic amines) is 1. The molecule has 3 aromatic carbocycles. The Labute approximate surface area is 200 Å². The minimum absolute atomic E-state index is 0.126. The maximum atomic E-state index is 13.8. The van der Waals surface area contributed by atoms with Gasteiger partial charge >= 0.3 is 0 Å². The molecule has 1 atom stereocenters. The monoisotopic (exact) mass is 454 g/mol. The number of fused-ring (bicyclic) bond motifs is 1. The van der Waals surface area contributed by atoms with Crippen molar-refractivity contribution in [2.24, 2.45) is 0 Å². The largest absolute Gasteiger partial charge is 0.343 e. The van der Waals surface area contributed by atoms with Gasteiger partial charge in [0.2, 0.25) is 5.91 Å². The van der Waals surface area contributed by atoms with Crippen molar-refractivity contribution >= 4 is 16.8 Å². The highest BCUT2D eigenvalue weighted by atomic mass is 19.1. The molecule has 1 aromatic heterocycles. The lowest BCUT2D eigenvalue weighted by Crippen LogP contribution is -2.36. The van der Waals surface area contributed by atoms with Crippen molar-refractivity contribution in [1.29, 1.82) is 0 Å². The summed E-state index contributed by atoms with van der Waals surface area (Å²) in [5.74, 6) is -0.199. The predicted molar refractivity (Wildman–Crippen MR) is 136 cm³/mol. The molecule has 0 N–H and O–H groups in total. The van der Waals surface area contributed by atoms with Gasteiger partial charge in [0.15, 0.2) is 0 Å². The normalized spacial score (nSPS) is 14.9. The van der Waals surface area contributed by atoms with Crippen LogP contribution in [0.5, 0.6) is 0 Å². The van der Waals surface area contributed by atoms with Gasteiger partial charge in [-0.1, -0.05) is 60.2 Å². The van der Waals surface area contributed by atoms with E-state index in [2.05, 4.69) is 66.2 Å². The lowest BCUT2D eigenvalue weighted by atomic mass is 9.87. The van der Waals surface area contributed by atoms with Crippen LogP contribution >= 0.6 is 0 Å². The molecule has 1 aliphatic rings. The number of aromatic nitrogens is 1. The average molecular weight is 455 g/mol. The van der Waals surface area contributed by atoms with Crippen LogP contribution < -0.4 is 0 Å². The number of halogens is 1. The zero-order chi connectivity index (χ0) is 23.5. The van der Waals surface area contributed by atoms with Crippen LogP contribution in [-0.2, 0) is 11.3 Å². The molecule has 0 bridgehead atoms. The smallest absolute Gasteiger partial charge is 0.223 e. The van der Waals surface area contributed by atoms with Gasteiger partial charge in [0.05, 0.1) is 0 Å². The number of para-hydroxylation sites is 1. The van der Waals surface area contributed by atoms with E-state index < -0.39 is 0 Å². The molecule has 174 valence electrons. The summed E-state index contributed by atoms with van der Waals surface area (Å²) in [5, 5.41) is 1.15. The van der Waals surface area contributed by atoms with Gasteiger partial charge < -0.3 is 9.47 Å². The zero-order valence-electron chi connectivity index (χ0n) is 19.7. The van der Waals surface area contributed by atoms with Gasteiger partial charge in [-0.2, -0.15) is 0 Å². The van der Waals surface area contributed by atoms with Crippen molar-refractivity contribution in [1.82, 2.24) is 9.47 Å². The molecule has 2 heterocycles. The molecule has 0 spiro atoms. The summed E-state index contributed by atoms with van der Waals surface area (Å²) in [5.41, 5.74) is 5.73. The number of hydrogen-bond acceptors (Lipinski definition) is 1. The summed E-state index contributed by atoms with van der Waals surface area (Å²) in [6.45, 7) is 4.53. The fourth-order valence-corrected chi connectivity index (χ4v) is 5.12. The SMILES string of the molecule is Cc1ccc(Cn2cc([C@H](CC(=O)N3CCCCC3)c3ccc(F)cc3)c3ccccc32)cc1. The molecule has 4 heteroatoms. The van der Waals surface area contributed by atoms with E-state index >= 15 is 0 Å². The van der Waals surface area contributed by atoms with E-state index in [4.69, 9.17) is 0 Å². The van der Waals surface area contributed by atoms with Gasteiger partial charge in [-0.15, -0.1) is 0 Å². The number of carbonyl (C=O) groups is 1. The minimum atomic E-state index is -0.258. The first-order valence-corrected chi connectivity index (χ1v) is 12.2. The third-order valence-electron chi connectivity index (χ3n) is 7.03. The van der Waals surface area contributed by atoms with Crippen molar-refractivity contribution < 1.29 is 9.18 Å². The molecule has 5 rings (SSSR count). The maximum absolute atomic E-state index is 13.8. The molecule has 0 aliphatic carbocycles. The van der Waals surface area contributed by atoms with E-state index in [0.29, 0.717) is 6.42 Å². The predicted octanol–water partition coefficient (Wildman–Crippen LogP) is 6.67. The molecule has 0 radical (unpaired) electrons. The highest BCUT2D eigenvalue weighted by molar-refractivity contribution is 5.87. The number of hydrogen-bond donors (Lipinski definition) is 0. The van der Waals surface area contributed by atoms with E-state index in [-0.39, 0.29) is 17.6 Å². The first-order valence-electron chi connectivity index (χ1n) is 12.2. The van der Waals surface area contributed by atoms with Crippen LogP contribution in [0.25, 0.3) is 10.9 Å². The van der Waals surface area contributed by atoms with Crippen molar-refractivity contribution in [3.05, 3.63) is 107 Å². The second kappa shape index (κ2) is 9.84. The first kappa shape index (κ1) is 22.4. The number of rotatable bonds is 6. The Kier molecular flexibility index (Phi) is 6.48. The van der Waals surface area contributed by atoms with E-state index in [0.717, 1.165) is 54.5 Å². The summed E-state index contributed by atoms with van der Waals surface area (Å²) >= 11 is 0. The molecule has 1 saturated heterocycles. The molecular weight excluding hydrogens is 423 g/mol. The Bertz CT molecular complexity index is 1270. The number of amides is 1. The summed E-state index contributed by atoms with van der Waals surface area (Å²) in [6.07, 6.45) is 5.93. The first-order chi connectivity index (χ1) is 16.6. The molecule has 3 nitrogen and oxygen atoms in total. The highest BCUT2D eigenvalue weighted by Gasteiger charge is 2.26. The van der Waals surface area contributed by atoms with Gasteiger partial charge in [0, 0.05) is 49.1 Å². The highest BCUT2D eigenvalue weighted by Crippen LogP contribution is 2.36. The van der Waals surface area contributed by atoms with Crippen LogP contribution in [0, 0.1) is 12.7 Å². The van der Waals surface area contributed by atoms with Crippen LogP contribution in [0.2, 0.25) is 0 Å². The standard InChI is InChI=1S/C30H31FN2O/c1-22-9-11-23(12-10-22)20-33-21-28(26-7-3-4-8-29(26)33)27(24-13-15-25(31)16-14-24)19-30(34)32-17-5-2-6-18-32/h3-4,7-16,21,27H,2,5-6,17-20H2,1H3/t27-/m1/s1. The fourth-order valence-electron chi connectivity index (χ4n) is 5.12. The van der Waals surface area contributed by atoms with Gasteiger partial charge in [-0.05, 0) is 61.1 Å². The summed E-state index contributed by atoms with van der Waals surface area (Å²) < 4.78 is 16.0. The van der Waals surface area contributed by atoms with Crippen LogP contribution in [0.4, 0.5) is 4.39 Å². The van der Waals surface area contributed by atoms with Crippen molar-refractivity contribution in [2.75, 3.05) is 13.1 Å². The molecule has 4 aromatic rings. The second-order valence-corrected chi connectivity index (χ2v) is 9.46. The van der Waals surface area contributed by atoms with Gasteiger partial charge in [0.25, 0.3) is 0 Å². The Morgan fingerprint density at radius 1 is 0.912 bits per heavy atom. The zero-order valence-corrected chi connectivity index (χ0v) is 19.7. The van der Waals surface area contributed by atoms with Crippen molar-refractivity contribution in [3.8, 4) is 0 Å². The molecule has 1 amide bonds. The number of carbonyl (C=O) groups excluding carboxylic acids is 1. The number of aryl methyl sites for hydroxylation is 1. The molecular formula is C30H31FN2O. The Morgan fingerprint density at radius 2 is 1.62 bits per heavy atom. The van der Waals surface area contributed by atoms with E-state index in [1.54, 1.807) is 0 Å². The van der Waals surface area contributed by atoms with Gasteiger partial charge in [-0.3, -0.25) is 4.79 Å². The lowest BCUT2D eigenvalue weighted by Gasteiger charge is -2.28. The fraction of sp³-hybridized carbons (Fsp3) is 0.300. The second-order valence-electron chi connectivity index (χ2n) is 9.46. The third-order valence-corrected chi connectivity index (χ3v) is 7.03. The molecule has 0 saturated carbocycles. The van der Waals surface area contributed by atoms with Gasteiger partial charge in [0.1, 0.15) is 5.82 Å².